The van der Waals surface area contributed by atoms with Crippen molar-refractivity contribution < 1.29 is 14.9 Å². The van der Waals surface area contributed by atoms with Crippen LogP contribution in [-0.2, 0) is 17.8 Å². The van der Waals surface area contributed by atoms with Crippen molar-refractivity contribution in [3.63, 3.8) is 0 Å². The van der Waals surface area contributed by atoms with Crippen LogP contribution in [-0.4, -0.2) is 22.4 Å². The summed E-state index contributed by atoms with van der Waals surface area (Å²) in [4.78, 5) is 0. The average Bonchev–Trinajstić information content (AvgIpc) is 2.56. The molecule has 0 aromatic heterocycles. The summed E-state index contributed by atoms with van der Waals surface area (Å²) in [6, 6.07) is 3.41. The van der Waals surface area contributed by atoms with Gasteiger partial charge in [0.25, 0.3) is 0 Å². The molecule has 4 fully saturated rings. The second-order valence-corrected chi connectivity index (χ2v) is 8.93. The summed E-state index contributed by atoms with van der Waals surface area (Å²) < 4.78 is 6.13. The molecule has 5 aliphatic rings. The number of rotatable bonds is 2. The van der Waals surface area contributed by atoms with Crippen LogP contribution in [0.4, 0.5) is 0 Å². The molecule has 1 heterocycles. The number of benzene rings is 1. The lowest BCUT2D eigenvalue weighted by Crippen LogP contribution is -2.59. The first kappa shape index (κ1) is 15.0. The minimum atomic E-state index is -0.0542. The lowest BCUT2D eigenvalue weighted by molar-refractivity contribution is -0.106. The number of hydrogen-bond donors (Lipinski definition) is 3. The lowest BCUT2D eigenvalue weighted by atomic mass is 9.47. The number of nitrogens with two attached hydrogens (primary N) is 1. The van der Waals surface area contributed by atoms with Gasteiger partial charge < -0.3 is 20.7 Å². The highest BCUT2D eigenvalue weighted by Crippen LogP contribution is 2.61. The zero-order chi connectivity index (χ0) is 16.5. The van der Waals surface area contributed by atoms with Gasteiger partial charge in [-0.1, -0.05) is 6.07 Å². The fourth-order valence-electron chi connectivity index (χ4n) is 6.70. The summed E-state index contributed by atoms with van der Waals surface area (Å²) in [7, 11) is 0. The molecule has 0 saturated heterocycles. The molecule has 0 spiro atoms. The minimum absolute atomic E-state index is 0.0125. The van der Waals surface area contributed by atoms with Crippen LogP contribution in [0.2, 0.25) is 0 Å². The van der Waals surface area contributed by atoms with Crippen LogP contribution in [0.3, 0.4) is 0 Å². The predicted molar refractivity (Wildman–Crippen MR) is 90.6 cm³/mol. The van der Waals surface area contributed by atoms with Crippen LogP contribution < -0.4 is 5.73 Å². The molecule has 4 heteroatoms. The van der Waals surface area contributed by atoms with E-state index in [4.69, 9.17) is 10.5 Å². The molecule has 1 aromatic rings. The number of hydrogen-bond acceptors (Lipinski definition) is 4. The van der Waals surface area contributed by atoms with Crippen molar-refractivity contribution in [2.24, 2.45) is 28.9 Å². The number of fused-ring (bicyclic) bond motifs is 1. The molecule has 1 aromatic carbocycles. The van der Waals surface area contributed by atoms with Crippen LogP contribution in [0.15, 0.2) is 12.1 Å². The molecule has 1 aliphatic heterocycles. The monoisotopic (exact) mass is 329 g/mol. The van der Waals surface area contributed by atoms with Crippen LogP contribution in [0.1, 0.15) is 49.7 Å². The Bertz CT molecular complexity index is 636. The van der Waals surface area contributed by atoms with E-state index >= 15 is 0 Å². The topological polar surface area (TPSA) is 75.7 Å². The summed E-state index contributed by atoms with van der Waals surface area (Å²) in [6.45, 7) is 0.480. The summed E-state index contributed by atoms with van der Waals surface area (Å²) >= 11 is 0. The SMILES string of the molecule is NC(C1Cc2c(ccc(O)c2O)CO1)C12CC3CC(CC(C3)C1)C2. The highest BCUT2D eigenvalue weighted by atomic mass is 16.5. The van der Waals surface area contributed by atoms with Crippen molar-refractivity contribution in [2.45, 2.75) is 63.7 Å². The Labute approximate surface area is 143 Å². The van der Waals surface area contributed by atoms with E-state index in [1.807, 2.05) is 6.07 Å². The number of phenolic OH excluding ortho intramolecular Hbond substituents is 2. The third kappa shape index (κ3) is 2.12. The second-order valence-electron chi connectivity index (χ2n) is 8.93. The van der Waals surface area contributed by atoms with E-state index in [0.29, 0.717) is 13.0 Å². The maximum atomic E-state index is 10.2. The van der Waals surface area contributed by atoms with Crippen molar-refractivity contribution in [3.8, 4) is 11.5 Å². The first-order valence-electron chi connectivity index (χ1n) is 9.44. The van der Waals surface area contributed by atoms with Gasteiger partial charge in [0.1, 0.15) is 0 Å². The van der Waals surface area contributed by atoms with Gasteiger partial charge in [0.05, 0.1) is 12.7 Å². The van der Waals surface area contributed by atoms with Gasteiger partial charge in [-0.25, -0.2) is 0 Å². The quantitative estimate of drug-likeness (QED) is 0.729. The summed E-state index contributed by atoms with van der Waals surface area (Å²) in [5.41, 5.74) is 8.86. The zero-order valence-corrected chi connectivity index (χ0v) is 14.1. The molecule has 2 atom stereocenters. The van der Waals surface area contributed by atoms with E-state index in [1.54, 1.807) is 0 Å². The standard InChI is InChI=1S/C20H27NO3/c21-19(20-7-11-3-12(8-20)5-13(4-11)9-20)17-6-15-14(10-24-17)1-2-16(22)18(15)23/h1-2,11-13,17,19,22-23H,3-10,21H2. The van der Waals surface area contributed by atoms with E-state index in [9.17, 15) is 10.2 Å². The highest BCUT2D eigenvalue weighted by molar-refractivity contribution is 5.49. The van der Waals surface area contributed by atoms with E-state index in [2.05, 4.69) is 0 Å². The summed E-state index contributed by atoms with van der Waals surface area (Å²) in [6.07, 6.45) is 8.58. The molecule has 2 unspecified atom stereocenters. The van der Waals surface area contributed by atoms with Crippen LogP contribution in [0, 0.1) is 23.2 Å². The van der Waals surface area contributed by atoms with Crippen LogP contribution >= 0.6 is 0 Å². The van der Waals surface area contributed by atoms with E-state index < -0.39 is 0 Å². The molecular weight excluding hydrogens is 302 g/mol. The Balaban J connectivity index is 1.42. The van der Waals surface area contributed by atoms with Gasteiger partial charge in [0, 0.05) is 18.0 Å². The normalized spacial score (nSPS) is 41.2. The molecule has 4 nitrogen and oxygen atoms in total. The molecule has 130 valence electrons. The molecule has 4 saturated carbocycles. The van der Waals surface area contributed by atoms with Crippen molar-refractivity contribution in [1.82, 2.24) is 0 Å². The Morgan fingerprint density at radius 1 is 1.04 bits per heavy atom. The summed E-state index contributed by atoms with van der Waals surface area (Å²) in [5, 5.41) is 20.0. The molecule has 4 N–H and O–H groups in total. The molecule has 4 bridgehead atoms. The van der Waals surface area contributed by atoms with Gasteiger partial charge in [-0.3, -0.25) is 0 Å². The van der Waals surface area contributed by atoms with Crippen LogP contribution in [0.25, 0.3) is 0 Å². The van der Waals surface area contributed by atoms with Gasteiger partial charge in [-0.05, 0) is 73.3 Å². The fraction of sp³-hybridized carbons (Fsp3) is 0.700. The highest BCUT2D eigenvalue weighted by Gasteiger charge is 2.55. The lowest BCUT2D eigenvalue weighted by Gasteiger charge is -2.60. The Hall–Kier alpha value is -1.26. The smallest absolute Gasteiger partial charge is 0.161 e. The van der Waals surface area contributed by atoms with Crippen molar-refractivity contribution in [1.29, 1.82) is 0 Å². The Morgan fingerprint density at radius 3 is 2.29 bits per heavy atom. The van der Waals surface area contributed by atoms with Gasteiger partial charge >= 0.3 is 0 Å². The number of phenols is 2. The van der Waals surface area contributed by atoms with Crippen molar-refractivity contribution >= 4 is 0 Å². The van der Waals surface area contributed by atoms with E-state index in [-0.39, 0.29) is 29.1 Å². The van der Waals surface area contributed by atoms with Crippen molar-refractivity contribution in [3.05, 3.63) is 23.3 Å². The van der Waals surface area contributed by atoms with Gasteiger partial charge in [0.2, 0.25) is 0 Å². The molecule has 4 aliphatic carbocycles. The fourth-order valence-corrected chi connectivity index (χ4v) is 6.70. The molecule has 24 heavy (non-hydrogen) atoms. The van der Waals surface area contributed by atoms with Crippen molar-refractivity contribution in [2.75, 3.05) is 0 Å². The minimum Gasteiger partial charge on any atom is -0.504 e. The first-order valence-corrected chi connectivity index (χ1v) is 9.44. The largest absolute Gasteiger partial charge is 0.504 e. The van der Waals surface area contributed by atoms with Gasteiger partial charge in [-0.2, -0.15) is 0 Å². The Kier molecular flexibility index (Phi) is 3.21. The zero-order valence-electron chi connectivity index (χ0n) is 14.1. The molecule has 0 radical (unpaired) electrons. The third-order valence-electron chi connectivity index (χ3n) is 7.41. The predicted octanol–water partition coefficient (Wildman–Crippen LogP) is 3.08. The maximum Gasteiger partial charge on any atom is 0.161 e. The first-order chi connectivity index (χ1) is 11.5. The van der Waals surface area contributed by atoms with E-state index in [1.165, 1.54) is 44.6 Å². The molecule has 0 amide bonds. The number of ether oxygens (including phenoxy) is 1. The molecule has 6 rings (SSSR count). The molecular formula is C20H27NO3. The maximum absolute atomic E-state index is 10.2. The van der Waals surface area contributed by atoms with E-state index in [0.717, 1.165) is 28.9 Å². The number of aromatic hydroxyl groups is 2. The van der Waals surface area contributed by atoms with Gasteiger partial charge in [-0.15, -0.1) is 0 Å². The summed E-state index contributed by atoms with van der Waals surface area (Å²) in [5.74, 6) is 2.58. The Morgan fingerprint density at radius 2 is 1.67 bits per heavy atom. The third-order valence-corrected chi connectivity index (χ3v) is 7.41. The van der Waals surface area contributed by atoms with Gasteiger partial charge in [0.15, 0.2) is 11.5 Å². The average molecular weight is 329 g/mol. The second kappa shape index (κ2) is 5.12. The van der Waals surface area contributed by atoms with Crippen LogP contribution in [0.5, 0.6) is 11.5 Å².